The molecule has 1 unspecified atom stereocenters. The van der Waals surface area contributed by atoms with E-state index in [9.17, 15) is 0 Å². The van der Waals surface area contributed by atoms with Crippen LogP contribution in [0.25, 0.3) is 0 Å². The van der Waals surface area contributed by atoms with Crippen LogP contribution in [0.2, 0.25) is 0 Å². The second-order valence-corrected chi connectivity index (χ2v) is 4.28. The summed E-state index contributed by atoms with van der Waals surface area (Å²) in [7, 11) is 2.18. The van der Waals surface area contributed by atoms with Gasteiger partial charge in [0.05, 0.1) is 0 Å². The Morgan fingerprint density at radius 2 is 1.83 bits per heavy atom. The average Bonchev–Trinajstić information content (AvgIpc) is 1.84. The van der Waals surface area contributed by atoms with Gasteiger partial charge in [-0.15, -0.1) is 0 Å². The summed E-state index contributed by atoms with van der Waals surface area (Å²) in [4.78, 5) is 2.38. The lowest BCUT2D eigenvalue weighted by molar-refractivity contribution is 0.287. The van der Waals surface area contributed by atoms with E-state index >= 15 is 0 Å². The van der Waals surface area contributed by atoms with E-state index in [1.165, 1.54) is 19.5 Å². The Kier molecular flexibility index (Phi) is 6.39. The summed E-state index contributed by atoms with van der Waals surface area (Å²) in [5, 5.41) is 0. The van der Waals surface area contributed by atoms with Crippen LogP contribution in [0.4, 0.5) is 0 Å². The molecule has 0 saturated heterocycles. The van der Waals surface area contributed by atoms with Crippen LogP contribution in [0.15, 0.2) is 0 Å². The lowest BCUT2D eigenvalue weighted by Gasteiger charge is -2.19. The van der Waals surface area contributed by atoms with Crippen LogP contribution in [0.5, 0.6) is 0 Å². The van der Waals surface area contributed by atoms with Crippen molar-refractivity contribution >= 4 is 0 Å². The molecule has 12 heavy (non-hydrogen) atoms. The minimum atomic E-state index is 0.359. The maximum Gasteiger partial charge on any atom is 0.00109 e. The zero-order chi connectivity index (χ0) is 9.56. The SMILES string of the molecule is CC(C)CN(C)CCCC(C)N. The predicted molar refractivity (Wildman–Crippen MR) is 55.2 cm³/mol. The van der Waals surface area contributed by atoms with E-state index in [2.05, 4.69) is 32.7 Å². The van der Waals surface area contributed by atoms with Crippen molar-refractivity contribution < 1.29 is 0 Å². The molecule has 0 radical (unpaired) electrons. The molecule has 0 rings (SSSR count). The molecule has 2 heteroatoms. The first-order chi connectivity index (χ1) is 5.52. The van der Waals surface area contributed by atoms with Gasteiger partial charge in [-0.25, -0.2) is 0 Å². The standard InChI is InChI=1S/C10H24N2/c1-9(2)8-12(4)7-5-6-10(3)11/h9-10H,5-8,11H2,1-4H3. The Bertz CT molecular complexity index is 100. The van der Waals surface area contributed by atoms with Crippen molar-refractivity contribution in [2.24, 2.45) is 11.7 Å². The summed E-state index contributed by atoms with van der Waals surface area (Å²) in [6.07, 6.45) is 2.36. The van der Waals surface area contributed by atoms with Gasteiger partial charge in [0.2, 0.25) is 0 Å². The summed E-state index contributed by atoms with van der Waals surface area (Å²) >= 11 is 0. The monoisotopic (exact) mass is 172 g/mol. The average molecular weight is 172 g/mol. The summed E-state index contributed by atoms with van der Waals surface area (Å²) in [5.74, 6) is 0.769. The first kappa shape index (κ1) is 11.9. The van der Waals surface area contributed by atoms with Gasteiger partial charge in [0, 0.05) is 12.6 Å². The largest absolute Gasteiger partial charge is 0.328 e. The van der Waals surface area contributed by atoms with Crippen LogP contribution in [-0.2, 0) is 0 Å². The maximum absolute atomic E-state index is 5.66. The molecule has 0 aromatic carbocycles. The molecule has 0 spiro atoms. The van der Waals surface area contributed by atoms with E-state index in [1.807, 2.05) is 0 Å². The Hall–Kier alpha value is -0.0800. The van der Waals surface area contributed by atoms with Gasteiger partial charge in [-0.2, -0.15) is 0 Å². The normalized spacial score (nSPS) is 14.2. The van der Waals surface area contributed by atoms with Crippen molar-refractivity contribution in [1.29, 1.82) is 0 Å². The van der Waals surface area contributed by atoms with Crippen LogP contribution in [0.1, 0.15) is 33.6 Å². The van der Waals surface area contributed by atoms with Gasteiger partial charge in [-0.1, -0.05) is 13.8 Å². The molecule has 0 aromatic rings. The molecule has 2 N–H and O–H groups in total. The van der Waals surface area contributed by atoms with Crippen molar-refractivity contribution in [3.63, 3.8) is 0 Å². The first-order valence-corrected chi connectivity index (χ1v) is 4.96. The maximum atomic E-state index is 5.66. The van der Waals surface area contributed by atoms with Crippen LogP contribution in [-0.4, -0.2) is 31.1 Å². The molecular weight excluding hydrogens is 148 g/mol. The van der Waals surface area contributed by atoms with Crippen molar-refractivity contribution in [3.8, 4) is 0 Å². The molecule has 0 aliphatic heterocycles. The number of nitrogens with zero attached hydrogens (tertiary/aromatic N) is 1. The molecule has 0 saturated carbocycles. The fourth-order valence-corrected chi connectivity index (χ4v) is 1.40. The third-order valence-electron chi connectivity index (χ3n) is 1.88. The first-order valence-electron chi connectivity index (χ1n) is 4.96. The molecule has 0 fully saturated rings. The minimum Gasteiger partial charge on any atom is -0.328 e. The van der Waals surface area contributed by atoms with Gasteiger partial charge in [-0.3, -0.25) is 0 Å². The van der Waals surface area contributed by atoms with Gasteiger partial charge in [0.1, 0.15) is 0 Å². The molecular formula is C10H24N2. The highest BCUT2D eigenvalue weighted by atomic mass is 15.1. The second-order valence-electron chi connectivity index (χ2n) is 4.28. The van der Waals surface area contributed by atoms with Gasteiger partial charge >= 0.3 is 0 Å². The summed E-state index contributed by atoms with van der Waals surface area (Å²) in [5.41, 5.74) is 5.66. The molecule has 0 aromatic heterocycles. The van der Waals surface area contributed by atoms with Crippen LogP contribution >= 0.6 is 0 Å². The highest BCUT2D eigenvalue weighted by Gasteiger charge is 2.01. The van der Waals surface area contributed by atoms with Crippen LogP contribution in [0.3, 0.4) is 0 Å². The van der Waals surface area contributed by atoms with E-state index in [0.29, 0.717) is 6.04 Å². The fraction of sp³-hybridized carbons (Fsp3) is 1.00. The molecule has 74 valence electrons. The Balaban J connectivity index is 3.25. The topological polar surface area (TPSA) is 29.3 Å². The summed E-state index contributed by atoms with van der Waals surface area (Å²) < 4.78 is 0. The van der Waals surface area contributed by atoms with Crippen molar-refractivity contribution in [2.45, 2.75) is 39.7 Å². The van der Waals surface area contributed by atoms with Crippen LogP contribution in [0, 0.1) is 5.92 Å². The molecule has 0 heterocycles. The number of hydrogen-bond donors (Lipinski definition) is 1. The predicted octanol–water partition coefficient (Wildman–Crippen LogP) is 1.70. The fourth-order valence-electron chi connectivity index (χ4n) is 1.40. The van der Waals surface area contributed by atoms with E-state index < -0.39 is 0 Å². The number of rotatable bonds is 6. The van der Waals surface area contributed by atoms with Crippen molar-refractivity contribution in [2.75, 3.05) is 20.1 Å². The highest BCUT2D eigenvalue weighted by molar-refractivity contribution is 4.58. The minimum absolute atomic E-state index is 0.359. The lowest BCUT2D eigenvalue weighted by Crippen LogP contribution is -2.25. The van der Waals surface area contributed by atoms with Crippen LogP contribution < -0.4 is 5.73 Å². The third-order valence-corrected chi connectivity index (χ3v) is 1.88. The van der Waals surface area contributed by atoms with Gasteiger partial charge in [0.15, 0.2) is 0 Å². The van der Waals surface area contributed by atoms with Crippen molar-refractivity contribution in [3.05, 3.63) is 0 Å². The van der Waals surface area contributed by atoms with E-state index in [0.717, 1.165) is 12.3 Å². The lowest BCUT2D eigenvalue weighted by atomic mass is 10.1. The summed E-state index contributed by atoms with van der Waals surface area (Å²) in [6.45, 7) is 8.95. The van der Waals surface area contributed by atoms with E-state index in [4.69, 9.17) is 5.73 Å². The van der Waals surface area contributed by atoms with E-state index in [-0.39, 0.29) is 0 Å². The van der Waals surface area contributed by atoms with Gasteiger partial charge in [-0.05, 0) is 39.3 Å². The molecule has 0 amide bonds. The zero-order valence-electron chi connectivity index (χ0n) is 9.01. The van der Waals surface area contributed by atoms with E-state index in [1.54, 1.807) is 0 Å². The van der Waals surface area contributed by atoms with Gasteiger partial charge in [0.25, 0.3) is 0 Å². The van der Waals surface area contributed by atoms with Crippen molar-refractivity contribution in [1.82, 2.24) is 4.90 Å². The molecule has 0 bridgehead atoms. The third kappa shape index (κ3) is 8.02. The molecule has 0 aliphatic rings. The number of hydrogen-bond acceptors (Lipinski definition) is 2. The smallest absolute Gasteiger partial charge is 0.00109 e. The van der Waals surface area contributed by atoms with Gasteiger partial charge < -0.3 is 10.6 Å². The summed E-state index contributed by atoms with van der Waals surface area (Å²) in [6, 6.07) is 0.359. The highest BCUT2D eigenvalue weighted by Crippen LogP contribution is 1.99. The quantitative estimate of drug-likeness (QED) is 0.661. The Morgan fingerprint density at radius 3 is 2.25 bits per heavy atom. The molecule has 2 nitrogen and oxygen atoms in total. The second kappa shape index (κ2) is 6.44. The zero-order valence-corrected chi connectivity index (χ0v) is 9.01. The Labute approximate surface area is 77.1 Å². The Morgan fingerprint density at radius 1 is 1.25 bits per heavy atom. The molecule has 1 atom stereocenters. The number of nitrogens with two attached hydrogens (primary N) is 1. The molecule has 0 aliphatic carbocycles.